The summed E-state index contributed by atoms with van der Waals surface area (Å²) in [5, 5.41) is 4.63. The Balaban J connectivity index is 2.17. The summed E-state index contributed by atoms with van der Waals surface area (Å²) in [7, 11) is 6.03. The van der Waals surface area contributed by atoms with E-state index in [1.165, 1.54) is 11.1 Å². The van der Waals surface area contributed by atoms with Gasteiger partial charge in [-0.1, -0.05) is 42.5 Å². The van der Waals surface area contributed by atoms with Crippen molar-refractivity contribution in [2.24, 2.45) is 0 Å². The van der Waals surface area contributed by atoms with Gasteiger partial charge in [-0.2, -0.15) is 0 Å². The number of methoxy groups -OCH3 is 1. The van der Waals surface area contributed by atoms with E-state index in [9.17, 15) is 0 Å². The van der Waals surface area contributed by atoms with Crippen molar-refractivity contribution in [1.82, 2.24) is 10.0 Å². The zero-order chi connectivity index (χ0) is 14.9. The van der Waals surface area contributed by atoms with Gasteiger partial charge in [-0.3, -0.25) is 0 Å². The van der Waals surface area contributed by atoms with E-state index < -0.39 is 0 Å². The number of ether oxygens (including phenoxy) is 1. The SMILES string of the molecule is COc1cccc(C2(c3ccccc3)CCN(C)N2C)c1. The quantitative estimate of drug-likeness (QED) is 0.860. The number of hydrazine groups is 1. The minimum atomic E-state index is -0.120. The lowest BCUT2D eigenvalue weighted by Crippen LogP contribution is -2.44. The lowest BCUT2D eigenvalue weighted by molar-refractivity contribution is 0.0144. The second-order valence-electron chi connectivity index (χ2n) is 5.61. The fourth-order valence-electron chi connectivity index (χ4n) is 3.35. The van der Waals surface area contributed by atoms with Crippen molar-refractivity contribution in [1.29, 1.82) is 0 Å². The monoisotopic (exact) mass is 282 g/mol. The van der Waals surface area contributed by atoms with E-state index >= 15 is 0 Å². The summed E-state index contributed by atoms with van der Waals surface area (Å²) < 4.78 is 5.43. The van der Waals surface area contributed by atoms with Crippen molar-refractivity contribution >= 4 is 0 Å². The highest BCUT2D eigenvalue weighted by atomic mass is 16.5. The van der Waals surface area contributed by atoms with Crippen LogP contribution in [0.3, 0.4) is 0 Å². The highest BCUT2D eigenvalue weighted by molar-refractivity contribution is 5.42. The van der Waals surface area contributed by atoms with Crippen LogP contribution in [0.15, 0.2) is 54.6 Å². The summed E-state index contributed by atoms with van der Waals surface area (Å²) in [5.74, 6) is 0.908. The third-order valence-electron chi connectivity index (χ3n) is 4.66. The standard InChI is InChI=1S/C18H22N2O/c1-19-13-12-18(20(19)2,15-8-5-4-6-9-15)16-10-7-11-17(14-16)21-3/h4-11,14H,12-13H2,1-3H3. The van der Waals surface area contributed by atoms with Crippen LogP contribution in [0, 0.1) is 0 Å². The minimum Gasteiger partial charge on any atom is -0.497 e. The average molecular weight is 282 g/mol. The van der Waals surface area contributed by atoms with Crippen molar-refractivity contribution < 1.29 is 4.74 Å². The molecule has 1 unspecified atom stereocenters. The van der Waals surface area contributed by atoms with Crippen LogP contribution in [-0.2, 0) is 5.54 Å². The zero-order valence-corrected chi connectivity index (χ0v) is 12.9. The molecular weight excluding hydrogens is 260 g/mol. The Morgan fingerprint density at radius 2 is 1.67 bits per heavy atom. The average Bonchev–Trinajstić information content (AvgIpc) is 2.85. The highest BCUT2D eigenvalue weighted by Crippen LogP contribution is 2.43. The molecule has 0 spiro atoms. The van der Waals surface area contributed by atoms with Crippen LogP contribution in [-0.4, -0.2) is 37.8 Å². The molecule has 0 aliphatic carbocycles. The molecule has 1 atom stereocenters. The second kappa shape index (κ2) is 5.51. The molecule has 1 saturated heterocycles. The first-order chi connectivity index (χ1) is 10.2. The van der Waals surface area contributed by atoms with Gasteiger partial charge in [0.1, 0.15) is 5.75 Å². The fourth-order valence-corrected chi connectivity index (χ4v) is 3.35. The summed E-state index contributed by atoms with van der Waals surface area (Å²) in [6.07, 6.45) is 1.07. The van der Waals surface area contributed by atoms with Gasteiger partial charge in [0.25, 0.3) is 0 Å². The smallest absolute Gasteiger partial charge is 0.119 e. The molecule has 0 amide bonds. The number of hydrogen-bond acceptors (Lipinski definition) is 3. The van der Waals surface area contributed by atoms with Gasteiger partial charge in [0.2, 0.25) is 0 Å². The van der Waals surface area contributed by atoms with E-state index in [0.717, 1.165) is 18.7 Å². The third-order valence-corrected chi connectivity index (χ3v) is 4.66. The molecule has 0 saturated carbocycles. The van der Waals surface area contributed by atoms with Crippen LogP contribution in [0.25, 0.3) is 0 Å². The molecular formula is C18H22N2O. The number of benzene rings is 2. The van der Waals surface area contributed by atoms with E-state index in [0.29, 0.717) is 0 Å². The molecule has 3 rings (SSSR count). The molecule has 2 aromatic rings. The molecule has 1 heterocycles. The maximum atomic E-state index is 5.43. The van der Waals surface area contributed by atoms with Crippen molar-refractivity contribution in [2.45, 2.75) is 12.0 Å². The maximum absolute atomic E-state index is 5.43. The lowest BCUT2D eigenvalue weighted by atomic mass is 9.80. The van der Waals surface area contributed by atoms with Gasteiger partial charge in [-0.15, -0.1) is 0 Å². The molecule has 0 bridgehead atoms. The predicted molar refractivity (Wildman–Crippen MR) is 85.2 cm³/mol. The van der Waals surface area contributed by atoms with Crippen LogP contribution in [0.5, 0.6) is 5.75 Å². The van der Waals surface area contributed by atoms with Gasteiger partial charge < -0.3 is 4.74 Å². The maximum Gasteiger partial charge on any atom is 0.119 e. The Labute approximate surface area is 126 Å². The summed E-state index contributed by atoms with van der Waals surface area (Å²) in [6, 6.07) is 19.2. The Bertz CT molecular complexity index is 614. The first kappa shape index (κ1) is 14.1. The van der Waals surface area contributed by atoms with Crippen LogP contribution in [0.1, 0.15) is 17.5 Å². The van der Waals surface area contributed by atoms with Crippen molar-refractivity contribution in [2.75, 3.05) is 27.7 Å². The van der Waals surface area contributed by atoms with Gasteiger partial charge in [0, 0.05) is 20.6 Å². The Morgan fingerprint density at radius 1 is 0.952 bits per heavy atom. The largest absolute Gasteiger partial charge is 0.497 e. The Kier molecular flexibility index (Phi) is 3.70. The third kappa shape index (κ3) is 2.23. The molecule has 1 aliphatic heterocycles. The summed E-state index contributed by atoms with van der Waals surface area (Å²) in [4.78, 5) is 0. The van der Waals surface area contributed by atoms with Gasteiger partial charge >= 0.3 is 0 Å². The van der Waals surface area contributed by atoms with Crippen molar-refractivity contribution in [3.8, 4) is 5.75 Å². The summed E-state index contributed by atoms with van der Waals surface area (Å²) in [5.41, 5.74) is 2.48. The van der Waals surface area contributed by atoms with Gasteiger partial charge in [-0.25, -0.2) is 10.0 Å². The molecule has 3 nitrogen and oxygen atoms in total. The molecule has 3 heteroatoms. The van der Waals surface area contributed by atoms with E-state index in [4.69, 9.17) is 4.74 Å². The number of hydrogen-bond donors (Lipinski definition) is 0. The van der Waals surface area contributed by atoms with E-state index in [1.54, 1.807) is 7.11 Å². The predicted octanol–water partition coefficient (Wildman–Crippen LogP) is 3.12. The first-order valence-corrected chi connectivity index (χ1v) is 7.33. The number of rotatable bonds is 3. The topological polar surface area (TPSA) is 15.7 Å². The number of nitrogens with zero attached hydrogens (tertiary/aromatic N) is 2. The molecule has 0 aromatic heterocycles. The minimum absolute atomic E-state index is 0.120. The van der Waals surface area contributed by atoms with Gasteiger partial charge in [0.15, 0.2) is 0 Å². The molecule has 21 heavy (non-hydrogen) atoms. The lowest BCUT2D eigenvalue weighted by Gasteiger charge is -2.39. The normalized spacial score (nSPS) is 23.4. The summed E-state index contributed by atoms with van der Waals surface area (Å²) in [6.45, 7) is 1.04. The summed E-state index contributed by atoms with van der Waals surface area (Å²) >= 11 is 0. The van der Waals surface area contributed by atoms with E-state index in [2.05, 4.69) is 72.6 Å². The van der Waals surface area contributed by atoms with Crippen molar-refractivity contribution in [3.05, 3.63) is 65.7 Å². The molecule has 0 radical (unpaired) electrons. The van der Waals surface area contributed by atoms with Crippen LogP contribution < -0.4 is 4.74 Å². The Hall–Kier alpha value is -1.84. The molecule has 1 fully saturated rings. The van der Waals surface area contributed by atoms with E-state index in [-0.39, 0.29) is 5.54 Å². The van der Waals surface area contributed by atoms with E-state index in [1.807, 2.05) is 6.07 Å². The molecule has 0 N–H and O–H groups in total. The van der Waals surface area contributed by atoms with Gasteiger partial charge in [0.05, 0.1) is 12.6 Å². The van der Waals surface area contributed by atoms with Crippen LogP contribution in [0.4, 0.5) is 0 Å². The van der Waals surface area contributed by atoms with Crippen LogP contribution >= 0.6 is 0 Å². The molecule has 110 valence electrons. The first-order valence-electron chi connectivity index (χ1n) is 7.33. The molecule has 1 aliphatic rings. The van der Waals surface area contributed by atoms with Crippen molar-refractivity contribution in [3.63, 3.8) is 0 Å². The zero-order valence-electron chi connectivity index (χ0n) is 12.9. The highest BCUT2D eigenvalue weighted by Gasteiger charge is 2.44. The fraction of sp³-hybridized carbons (Fsp3) is 0.333. The van der Waals surface area contributed by atoms with Crippen LogP contribution in [0.2, 0.25) is 0 Å². The Morgan fingerprint density at radius 3 is 2.29 bits per heavy atom. The van der Waals surface area contributed by atoms with Gasteiger partial charge in [-0.05, 0) is 29.7 Å². The second-order valence-corrected chi connectivity index (χ2v) is 5.61. The molecule has 2 aromatic carbocycles.